The molecule has 3 heterocycles. The van der Waals surface area contributed by atoms with Crippen molar-refractivity contribution in [2.75, 3.05) is 21.2 Å². The van der Waals surface area contributed by atoms with Gasteiger partial charge in [-0.3, -0.25) is 4.79 Å². The molecule has 3 aromatic heterocycles. The molecule has 124 valence electrons. The highest BCUT2D eigenvalue weighted by Gasteiger charge is 2.19. The van der Waals surface area contributed by atoms with Gasteiger partial charge in [0.1, 0.15) is 22.0 Å². The molecule has 0 aliphatic heterocycles. The Kier molecular flexibility index (Phi) is 4.11. The summed E-state index contributed by atoms with van der Waals surface area (Å²) in [6.45, 7) is 0. The Labute approximate surface area is 141 Å². The van der Waals surface area contributed by atoms with E-state index in [4.69, 9.17) is 20.8 Å². The van der Waals surface area contributed by atoms with Gasteiger partial charge in [-0.25, -0.2) is 14.4 Å². The predicted molar refractivity (Wildman–Crippen MR) is 86.8 cm³/mol. The third kappa shape index (κ3) is 2.67. The van der Waals surface area contributed by atoms with E-state index in [1.807, 2.05) is 0 Å². The highest BCUT2D eigenvalue weighted by atomic mass is 35.5. The lowest BCUT2D eigenvalue weighted by Crippen LogP contribution is -2.21. The summed E-state index contributed by atoms with van der Waals surface area (Å²) in [6.07, 6.45) is 2.44. The number of carbonyl (C=O) groups is 1. The topological polar surface area (TPSA) is 68.5 Å². The summed E-state index contributed by atoms with van der Waals surface area (Å²) < 4.78 is 24.4. The van der Waals surface area contributed by atoms with Crippen LogP contribution in [0.25, 0.3) is 22.6 Å². The third-order valence-electron chi connectivity index (χ3n) is 3.40. The summed E-state index contributed by atoms with van der Waals surface area (Å²) in [5.41, 5.74) is 1.26. The minimum absolute atomic E-state index is 0.129. The molecule has 0 saturated heterocycles. The molecule has 0 aliphatic carbocycles. The number of carbonyl (C=O) groups excluding carboxylic acids is 1. The van der Waals surface area contributed by atoms with Crippen molar-refractivity contribution in [1.29, 1.82) is 0 Å². The van der Waals surface area contributed by atoms with Gasteiger partial charge in [-0.1, -0.05) is 11.6 Å². The smallest absolute Gasteiger partial charge is 0.255 e. The average molecular weight is 350 g/mol. The van der Waals surface area contributed by atoms with Crippen LogP contribution in [-0.4, -0.2) is 42.0 Å². The number of amides is 1. The number of fused-ring (bicyclic) bond motifs is 1. The van der Waals surface area contributed by atoms with Crippen molar-refractivity contribution in [3.8, 4) is 17.2 Å². The maximum atomic E-state index is 13.5. The zero-order valence-electron chi connectivity index (χ0n) is 13.1. The Morgan fingerprint density at radius 1 is 1.29 bits per heavy atom. The molecule has 0 N–H and O–H groups in total. The van der Waals surface area contributed by atoms with Crippen molar-refractivity contribution in [3.05, 3.63) is 40.9 Å². The molecule has 0 fully saturated rings. The molecule has 0 spiro atoms. The standard InChI is InChI=1S/C16H13ClFN3O3/c1-21(2)16(22)8-4-11(23-3)14(20-6-8)12-5-10-15(24-12)13(17)9(18)7-19-10/h4-7H,1-3H3. The van der Waals surface area contributed by atoms with E-state index < -0.39 is 5.82 Å². The molecule has 6 nitrogen and oxygen atoms in total. The number of halogens is 2. The van der Waals surface area contributed by atoms with Gasteiger partial charge in [0.25, 0.3) is 5.91 Å². The van der Waals surface area contributed by atoms with Gasteiger partial charge in [-0.05, 0) is 6.07 Å². The van der Waals surface area contributed by atoms with Gasteiger partial charge in [-0.15, -0.1) is 0 Å². The van der Waals surface area contributed by atoms with E-state index in [0.29, 0.717) is 28.3 Å². The van der Waals surface area contributed by atoms with Crippen LogP contribution in [0.4, 0.5) is 4.39 Å². The zero-order valence-corrected chi connectivity index (χ0v) is 13.9. The molecule has 1 amide bonds. The maximum absolute atomic E-state index is 13.5. The van der Waals surface area contributed by atoms with Crippen LogP contribution in [0.1, 0.15) is 10.4 Å². The summed E-state index contributed by atoms with van der Waals surface area (Å²) in [7, 11) is 4.74. The molecular weight excluding hydrogens is 337 g/mol. The minimum Gasteiger partial charge on any atom is -0.494 e. The van der Waals surface area contributed by atoms with E-state index in [1.54, 1.807) is 26.2 Å². The van der Waals surface area contributed by atoms with E-state index in [1.165, 1.54) is 18.2 Å². The van der Waals surface area contributed by atoms with Crippen molar-refractivity contribution in [2.45, 2.75) is 0 Å². The Bertz CT molecular complexity index is 940. The highest BCUT2D eigenvalue weighted by Crippen LogP contribution is 2.35. The van der Waals surface area contributed by atoms with Crippen LogP contribution in [-0.2, 0) is 0 Å². The fourth-order valence-corrected chi connectivity index (χ4v) is 2.39. The fourth-order valence-electron chi connectivity index (χ4n) is 2.20. The predicted octanol–water partition coefficient (Wildman–Crippen LogP) is 3.39. The van der Waals surface area contributed by atoms with E-state index in [9.17, 15) is 9.18 Å². The molecule has 0 unspecified atom stereocenters. The second kappa shape index (κ2) is 6.09. The summed E-state index contributed by atoms with van der Waals surface area (Å²) in [5, 5.41) is -0.148. The summed E-state index contributed by atoms with van der Waals surface area (Å²) >= 11 is 5.89. The Morgan fingerprint density at radius 3 is 2.71 bits per heavy atom. The van der Waals surface area contributed by atoms with E-state index in [0.717, 1.165) is 6.20 Å². The zero-order chi connectivity index (χ0) is 17.4. The van der Waals surface area contributed by atoms with Crippen LogP contribution < -0.4 is 4.74 Å². The molecular formula is C16H13ClFN3O3. The lowest BCUT2D eigenvalue weighted by Gasteiger charge is -2.12. The number of hydrogen-bond donors (Lipinski definition) is 0. The van der Waals surface area contributed by atoms with Crippen molar-refractivity contribution < 1.29 is 18.3 Å². The molecule has 3 rings (SSSR count). The normalized spacial score (nSPS) is 10.9. The van der Waals surface area contributed by atoms with Gasteiger partial charge < -0.3 is 14.1 Å². The lowest BCUT2D eigenvalue weighted by atomic mass is 10.2. The highest BCUT2D eigenvalue weighted by molar-refractivity contribution is 6.34. The number of methoxy groups -OCH3 is 1. The number of hydrogen-bond acceptors (Lipinski definition) is 5. The average Bonchev–Trinajstić information content (AvgIpc) is 3.01. The molecule has 24 heavy (non-hydrogen) atoms. The van der Waals surface area contributed by atoms with E-state index in [-0.39, 0.29) is 16.5 Å². The lowest BCUT2D eigenvalue weighted by molar-refractivity contribution is 0.0827. The van der Waals surface area contributed by atoms with Crippen LogP contribution in [0.2, 0.25) is 5.02 Å². The van der Waals surface area contributed by atoms with Crippen LogP contribution in [0.3, 0.4) is 0 Å². The second-order valence-electron chi connectivity index (χ2n) is 5.22. The Morgan fingerprint density at radius 2 is 2.04 bits per heavy atom. The molecule has 0 saturated carbocycles. The first-order valence-electron chi connectivity index (χ1n) is 6.92. The fraction of sp³-hybridized carbons (Fsp3) is 0.188. The number of ether oxygens (including phenoxy) is 1. The minimum atomic E-state index is -0.670. The molecule has 3 aromatic rings. The van der Waals surface area contributed by atoms with Gasteiger partial charge in [0, 0.05) is 26.4 Å². The number of rotatable bonds is 3. The third-order valence-corrected chi connectivity index (χ3v) is 3.75. The van der Waals surface area contributed by atoms with Gasteiger partial charge in [0.15, 0.2) is 17.2 Å². The van der Waals surface area contributed by atoms with E-state index >= 15 is 0 Å². The Hall–Kier alpha value is -2.67. The number of pyridine rings is 2. The van der Waals surface area contributed by atoms with Crippen LogP contribution in [0.15, 0.2) is 28.9 Å². The molecule has 8 heteroatoms. The molecule has 0 atom stereocenters. The summed E-state index contributed by atoms with van der Waals surface area (Å²) in [5.74, 6) is -0.218. The summed E-state index contributed by atoms with van der Waals surface area (Å²) in [6, 6.07) is 3.15. The van der Waals surface area contributed by atoms with Crippen LogP contribution in [0, 0.1) is 5.82 Å². The van der Waals surface area contributed by atoms with Crippen molar-refractivity contribution in [1.82, 2.24) is 14.9 Å². The second-order valence-corrected chi connectivity index (χ2v) is 5.60. The monoisotopic (exact) mass is 349 g/mol. The first-order chi connectivity index (χ1) is 11.4. The van der Waals surface area contributed by atoms with Crippen molar-refractivity contribution in [3.63, 3.8) is 0 Å². The molecule has 0 aromatic carbocycles. The Balaban J connectivity index is 2.12. The van der Waals surface area contributed by atoms with Crippen LogP contribution in [0.5, 0.6) is 5.75 Å². The van der Waals surface area contributed by atoms with Crippen LogP contribution >= 0.6 is 11.6 Å². The maximum Gasteiger partial charge on any atom is 0.255 e. The van der Waals surface area contributed by atoms with Gasteiger partial charge in [-0.2, -0.15) is 0 Å². The molecule has 0 bridgehead atoms. The van der Waals surface area contributed by atoms with Crippen molar-refractivity contribution >= 4 is 28.6 Å². The first-order valence-corrected chi connectivity index (χ1v) is 7.29. The number of nitrogens with zero attached hydrogens (tertiary/aromatic N) is 3. The number of aromatic nitrogens is 2. The summed E-state index contributed by atoms with van der Waals surface area (Å²) in [4.78, 5) is 21.6. The SMILES string of the molecule is COc1cc(C(=O)N(C)C)cnc1-c1cc2ncc(F)c(Cl)c2o1. The van der Waals surface area contributed by atoms with Crippen molar-refractivity contribution in [2.24, 2.45) is 0 Å². The quantitative estimate of drug-likeness (QED) is 0.725. The molecule has 0 radical (unpaired) electrons. The van der Waals surface area contributed by atoms with Gasteiger partial charge >= 0.3 is 0 Å². The molecule has 0 aliphatic rings. The largest absolute Gasteiger partial charge is 0.494 e. The van der Waals surface area contributed by atoms with E-state index in [2.05, 4.69) is 9.97 Å². The van der Waals surface area contributed by atoms with Gasteiger partial charge in [0.2, 0.25) is 0 Å². The first kappa shape index (κ1) is 16.2. The number of furan rings is 1. The van der Waals surface area contributed by atoms with Gasteiger partial charge in [0.05, 0.1) is 18.9 Å².